The Kier molecular flexibility index (Phi) is 4.78. The van der Waals surface area contributed by atoms with E-state index in [1.54, 1.807) is 46.3 Å². The van der Waals surface area contributed by atoms with Gasteiger partial charge >= 0.3 is 0 Å². The van der Waals surface area contributed by atoms with Crippen LogP contribution in [-0.2, 0) is 6.54 Å². The van der Waals surface area contributed by atoms with E-state index in [-0.39, 0.29) is 5.75 Å². The van der Waals surface area contributed by atoms with Crippen molar-refractivity contribution in [2.24, 2.45) is 0 Å². The lowest BCUT2D eigenvalue weighted by Crippen LogP contribution is -2.05. The average molecular weight is 418 g/mol. The molecule has 0 fully saturated rings. The average Bonchev–Trinajstić information content (AvgIpc) is 3.44. The smallest absolute Gasteiger partial charge is 0.186 e. The van der Waals surface area contributed by atoms with Crippen LogP contribution in [0.15, 0.2) is 71.7 Å². The fourth-order valence-electron chi connectivity index (χ4n) is 2.92. The number of anilines is 1. The van der Waals surface area contributed by atoms with E-state index in [0.717, 1.165) is 11.1 Å². The van der Waals surface area contributed by atoms with Crippen molar-refractivity contribution in [2.45, 2.75) is 6.54 Å². The molecule has 0 aliphatic carbocycles. The van der Waals surface area contributed by atoms with Crippen LogP contribution in [0.1, 0.15) is 5.56 Å². The maximum Gasteiger partial charge on any atom is 0.186 e. The van der Waals surface area contributed by atoms with Gasteiger partial charge in [-0.3, -0.25) is 4.98 Å². The Balaban J connectivity index is 1.32. The molecule has 0 aliphatic rings. The van der Waals surface area contributed by atoms with E-state index in [9.17, 15) is 4.39 Å². The molecule has 4 aromatic heterocycles. The van der Waals surface area contributed by atoms with E-state index >= 15 is 0 Å². The van der Waals surface area contributed by atoms with Gasteiger partial charge in [0.2, 0.25) is 0 Å². The van der Waals surface area contributed by atoms with Gasteiger partial charge in [-0.25, -0.2) is 4.39 Å². The molecule has 7 nitrogen and oxygen atoms in total. The normalized spacial score (nSPS) is 11.0. The molecule has 0 saturated heterocycles. The SMILES string of the molecule is Fc1cc(CNc2ccc3nnc(-c4ccsc4)n3n2)ccc1Oc1cccnc1. The number of benzene rings is 1. The highest BCUT2D eigenvalue weighted by atomic mass is 32.1. The van der Waals surface area contributed by atoms with E-state index in [0.29, 0.717) is 29.6 Å². The molecule has 9 heteroatoms. The topological polar surface area (TPSA) is 77.2 Å². The van der Waals surface area contributed by atoms with Crippen LogP contribution in [0.25, 0.3) is 17.0 Å². The van der Waals surface area contributed by atoms with Gasteiger partial charge in [-0.05, 0) is 53.4 Å². The molecule has 0 bridgehead atoms. The summed E-state index contributed by atoms with van der Waals surface area (Å²) in [6.45, 7) is 0.401. The van der Waals surface area contributed by atoms with Crippen LogP contribution < -0.4 is 10.1 Å². The quantitative estimate of drug-likeness (QED) is 0.427. The molecule has 0 amide bonds. The van der Waals surface area contributed by atoms with E-state index in [2.05, 4.69) is 25.6 Å². The summed E-state index contributed by atoms with van der Waals surface area (Å²) < 4.78 is 21.6. The molecule has 0 saturated carbocycles. The van der Waals surface area contributed by atoms with Gasteiger partial charge in [-0.2, -0.15) is 15.9 Å². The molecule has 0 atom stereocenters. The molecule has 1 aromatic carbocycles. The lowest BCUT2D eigenvalue weighted by molar-refractivity contribution is 0.440. The Morgan fingerprint density at radius 3 is 2.87 bits per heavy atom. The Labute approximate surface area is 174 Å². The van der Waals surface area contributed by atoms with Gasteiger partial charge in [0, 0.05) is 23.7 Å². The number of thiophene rings is 1. The minimum absolute atomic E-state index is 0.149. The van der Waals surface area contributed by atoms with Crippen LogP contribution in [0.2, 0.25) is 0 Å². The van der Waals surface area contributed by atoms with Gasteiger partial charge in [0.05, 0.1) is 6.20 Å². The Morgan fingerprint density at radius 1 is 1.10 bits per heavy atom. The number of nitrogens with one attached hydrogen (secondary N) is 1. The van der Waals surface area contributed by atoms with Crippen LogP contribution in [0.5, 0.6) is 11.5 Å². The fourth-order valence-corrected chi connectivity index (χ4v) is 3.55. The first-order valence-corrected chi connectivity index (χ1v) is 10.1. The van der Waals surface area contributed by atoms with Gasteiger partial charge in [-0.15, -0.1) is 15.3 Å². The molecule has 30 heavy (non-hydrogen) atoms. The molecule has 1 N–H and O–H groups in total. The third kappa shape index (κ3) is 3.70. The maximum absolute atomic E-state index is 14.4. The molecule has 5 aromatic rings. The molecule has 0 unspecified atom stereocenters. The first-order valence-electron chi connectivity index (χ1n) is 9.11. The minimum Gasteiger partial charge on any atom is -0.453 e. The van der Waals surface area contributed by atoms with Gasteiger partial charge in [-0.1, -0.05) is 6.07 Å². The fraction of sp³-hybridized carbons (Fsp3) is 0.0476. The number of nitrogens with zero attached hydrogens (tertiary/aromatic N) is 5. The largest absolute Gasteiger partial charge is 0.453 e. The summed E-state index contributed by atoms with van der Waals surface area (Å²) >= 11 is 1.59. The van der Waals surface area contributed by atoms with Crippen molar-refractivity contribution in [3.05, 3.63) is 83.1 Å². The number of ether oxygens (including phenoxy) is 1. The summed E-state index contributed by atoms with van der Waals surface area (Å²) in [4.78, 5) is 3.96. The number of fused-ring (bicyclic) bond motifs is 1. The van der Waals surface area contributed by atoms with Crippen LogP contribution in [0, 0.1) is 5.82 Å². The summed E-state index contributed by atoms with van der Waals surface area (Å²) in [5.41, 5.74) is 2.38. The standard InChI is InChI=1S/C21H15FN6OS/c22-17-10-14(3-4-18(17)29-16-2-1-8-23-12-16)11-24-19-5-6-20-25-26-21(28(20)27-19)15-7-9-30-13-15/h1-10,12-13H,11H2,(H,24,27). The van der Waals surface area contributed by atoms with Gasteiger partial charge in [0.1, 0.15) is 11.6 Å². The molecule has 0 radical (unpaired) electrons. The van der Waals surface area contributed by atoms with Crippen LogP contribution in [0.4, 0.5) is 10.2 Å². The van der Waals surface area contributed by atoms with Crippen LogP contribution >= 0.6 is 11.3 Å². The zero-order valence-corrected chi connectivity index (χ0v) is 16.4. The number of hydrogen-bond donors (Lipinski definition) is 1. The van der Waals surface area contributed by atoms with E-state index in [4.69, 9.17) is 4.74 Å². The number of aromatic nitrogens is 5. The molecule has 148 valence electrons. The first kappa shape index (κ1) is 18.2. The molecular weight excluding hydrogens is 403 g/mol. The van der Waals surface area contributed by atoms with Crippen LogP contribution in [0.3, 0.4) is 0 Å². The van der Waals surface area contributed by atoms with Gasteiger partial charge in [0.25, 0.3) is 0 Å². The van der Waals surface area contributed by atoms with Crippen molar-refractivity contribution in [1.82, 2.24) is 24.8 Å². The second-order valence-electron chi connectivity index (χ2n) is 6.43. The molecule has 0 spiro atoms. The highest BCUT2D eigenvalue weighted by Crippen LogP contribution is 2.25. The van der Waals surface area contributed by atoms with Crippen molar-refractivity contribution in [2.75, 3.05) is 5.32 Å². The summed E-state index contributed by atoms with van der Waals surface area (Å²) in [7, 11) is 0. The maximum atomic E-state index is 14.4. The zero-order chi connectivity index (χ0) is 20.3. The van der Waals surface area contributed by atoms with E-state index in [1.165, 1.54) is 12.3 Å². The van der Waals surface area contributed by atoms with E-state index < -0.39 is 5.82 Å². The lowest BCUT2D eigenvalue weighted by atomic mass is 10.2. The summed E-state index contributed by atoms with van der Waals surface area (Å²) in [6, 6.07) is 13.9. The number of rotatable bonds is 6. The molecular formula is C21H15FN6OS. The third-order valence-electron chi connectivity index (χ3n) is 4.37. The molecule has 4 heterocycles. The molecule has 5 rings (SSSR count). The summed E-state index contributed by atoms with van der Waals surface area (Å²) in [5.74, 6) is 1.50. The monoisotopic (exact) mass is 418 g/mol. The number of pyridine rings is 1. The second kappa shape index (κ2) is 7.88. The van der Waals surface area contributed by atoms with Crippen molar-refractivity contribution in [3.8, 4) is 22.9 Å². The highest BCUT2D eigenvalue weighted by Gasteiger charge is 2.11. The highest BCUT2D eigenvalue weighted by molar-refractivity contribution is 7.08. The predicted octanol–water partition coefficient (Wildman–Crippen LogP) is 4.79. The number of halogens is 1. The number of hydrogen-bond acceptors (Lipinski definition) is 7. The Hall–Kier alpha value is -3.85. The van der Waals surface area contributed by atoms with Crippen molar-refractivity contribution in [3.63, 3.8) is 0 Å². The summed E-state index contributed by atoms with van der Waals surface area (Å²) in [6.07, 6.45) is 3.17. The lowest BCUT2D eigenvalue weighted by Gasteiger charge is -2.09. The first-order chi connectivity index (χ1) is 14.8. The zero-order valence-electron chi connectivity index (χ0n) is 15.6. The van der Waals surface area contributed by atoms with Crippen LogP contribution in [-0.4, -0.2) is 24.8 Å². The second-order valence-corrected chi connectivity index (χ2v) is 7.21. The minimum atomic E-state index is -0.444. The Bertz CT molecular complexity index is 1290. The van der Waals surface area contributed by atoms with Crippen molar-refractivity contribution >= 4 is 22.8 Å². The Morgan fingerprint density at radius 2 is 2.07 bits per heavy atom. The third-order valence-corrected chi connectivity index (χ3v) is 5.06. The van der Waals surface area contributed by atoms with E-state index in [1.807, 2.05) is 29.0 Å². The van der Waals surface area contributed by atoms with Gasteiger partial charge in [0.15, 0.2) is 23.0 Å². The van der Waals surface area contributed by atoms with Gasteiger partial charge < -0.3 is 10.1 Å². The predicted molar refractivity (Wildman–Crippen MR) is 112 cm³/mol. The van der Waals surface area contributed by atoms with Crippen molar-refractivity contribution < 1.29 is 9.13 Å². The van der Waals surface area contributed by atoms with Crippen molar-refractivity contribution in [1.29, 1.82) is 0 Å². The molecule has 0 aliphatic heterocycles. The summed E-state index contributed by atoms with van der Waals surface area (Å²) in [5, 5.41) is 20.1.